The highest BCUT2D eigenvalue weighted by atomic mass is 16.1. The minimum Gasteiger partial charge on any atom is -0.298 e. The van der Waals surface area contributed by atoms with Crippen LogP contribution in [-0.4, -0.2) is 12.6 Å². The van der Waals surface area contributed by atoms with Gasteiger partial charge in [-0.25, -0.2) is 0 Å². The molecule has 0 atom stereocenters. The van der Waals surface area contributed by atoms with Crippen molar-refractivity contribution in [2.24, 2.45) is 0 Å². The van der Waals surface area contributed by atoms with Crippen LogP contribution in [0, 0.1) is 0 Å². The number of rotatable bonds is 4. The molecule has 2 heteroatoms. The molecule has 0 saturated carbocycles. The van der Waals surface area contributed by atoms with Crippen molar-refractivity contribution in [3.05, 3.63) is 83.9 Å². The fraction of sp³-hybridized carbons (Fsp3) is 0. The lowest BCUT2D eigenvalue weighted by Crippen LogP contribution is -1.96. The maximum atomic E-state index is 11.4. The Balaban J connectivity index is 2.31. The van der Waals surface area contributed by atoms with Crippen LogP contribution in [0.2, 0.25) is 0 Å². The number of hydrogen-bond acceptors (Lipinski definition) is 2. The van der Waals surface area contributed by atoms with Gasteiger partial charge in [0.2, 0.25) is 0 Å². The number of aldehydes is 2. The monoisotopic (exact) mass is 286 g/mol. The second kappa shape index (κ2) is 6.19. The van der Waals surface area contributed by atoms with Crippen LogP contribution in [-0.2, 0) is 0 Å². The first kappa shape index (κ1) is 14.0. The zero-order valence-corrected chi connectivity index (χ0v) is 11.9. The molecule has 22 heavy (non-hydrogen) atoms. The zero-order valence-electron chi connectivity index (χ0n) is 11.9. The van der Waals surface area contributed by atoms with Crippen LogP contribution in [0.1, 0.15) is 20.7 Å². The molecule has 0 amide bonds. The van der Waals surface area contributed by atoms with Gasteiger partial charge >= 0.3 is 0 Å². The van der Waals surface area contributed by atoms with E-state index < -0.39 is 0 Å². The second-order valence-electron chi connectivity index (χ2n) is 4.96. The van der Waals surface area contributed by atoms with Crippen molar-refractivity contribution >= 4 is 12.6 Å². The average molecular weight is 286 g/mol. The van der Waals surface area contributed by atoms with Crippen LogP contribution < -0.4 is 0 Å². The van der Waals surface area contributed by atoms with Crippen LogP contribution in [0.15, 0.2) is 72.8 Å². The van der Waals surface area contributed by atoms with Gasteiger partial charge in [-0.1, -0.05) is 72.8 Å². The topological polar surface area (TPSA) is 34.1 Å². The van der Waals surface area contributed by atoms with Gasteiger partial charge in [0.1, 0.15) is 0 Å². The molecular formula is C20H14O2. The van der Waals surface area contributed by atoms with Crippen molar-refractivity contribution in [1.29, 1.82) is 0 Å². The highest BCUT2D eigenvalue weighted by molar-refractivity contribution is 6.00. The lowest BCUT2D eigenvalue weighted by Gasteiger charge is -2.13. The molecule has 0 fully saturated rings. The van der Waals surface area contributed by atoms with E-state index in [4.69, 9.17) is 0 Å². The van der Waals surface area contributed by atoms with E-state index in [0.717, 1.165) is 29.3 Å². The molecule has 0 radical (unpaired) electrons. The normalized spacial score (nSPS) is 10.2. The van der Waals surface area contributed by atoms with Gasteiger partial charge in [-0.3, -0.25) is 9.59 Å². The molecule has 0 unspecified atom stereocenters. The Morgan fingerprint density at radius 3 is 1.68 bits per heavy atom. The van der Waals surface area contributed by atoms with E-state index in [0.29, 0.717) is 16.7 Å². The molecule has 3 aromatic rings. The predicted molar refractivity (Wildman–Crippen MR) is 88.1 cm³/mol. The minimum absolute atomic E-state index is 0.521. The summed E-state index contributed by atoms with van der Waals surface area (Å²) in [5, 5.41) is 0. The summed E-state index contributed by atoms with van der Waals surface area (Å²) in [4.78, 5) is 22.8. The summed E-state index contributed by atoms with van der Waals surface area (Å²) < 4.78 is 0. The molecular weight excluding hydrogens is 272 g/mol. The van der Waals surface area contributed by atoms with E-state index in [1.807, 2.05) is 54.6 Å². The lowest BCUT2D eigenvalue weighted by atomic mass is 9.89. The van der Waals surface area contributed by atoms with Crippen LogP contribution in [0.4, 0.5) is 0 Å². The van der Waals surface area contributed by atoms with E-state index in [1.54, 1.807) is 18.2 Å². The Hall–Kier alpha value is -3.00. The third-order valence-corrected chi connectivity index (χ3v) is 3.66. The maximum Gasteiger partial charge on any atom is 0.150 e. The van der Waals surface area contributed by atoms with Crippen molar-refractivity contribution in [2.45, 2.75) is 0 Å². The number of carbonyl (C=O) groups excluding carboxylic acids is 2. The summed E-state index contributed by atoms with van der Waals surface area (Å²) >= 11 is 0. The molecule has 0 heterocycles. The molecule has 106 valence electrons. The molecule has 0 N–H and O–H groups in total. The zero-order chi connectivity index (χ0) is 15.4. The Bertz CT molecular complexity index is 794. The highest BCUT2D eigenvalue weighted by Gasteiger charge is 2.14. The van der Waals surface area contributed by atoms with Gasteiger partial charge in [-0.05, 0) is 16.7 Å². The molecule has 0 saturated heterocycles. The second-order valence-corrected chi connectivity index (χ2v) is 4.96. The fourth-order valence-corrected chi connectivity index (χ4v) is 2.67. The van der Waals surface area contributed by atoms with Gasteiger partial charge < -0.3 is 0 Å². The first-order valence-corrected chi connectivity index (χ1v) is 7.03. The van der Waals surface area contributed by atoms with Gasteiger partial charge in [-0.15, -0.1) is 0 Å². The smallest absolute Gasteiger partial charge is 0.150 e. The van der Waals surface area contributed by atoms with E-state index in [9.17, 15) is 9.59 Å². The number of benzene rings is 3. The average Bonchev–Trinajstić information content (AvgIpc) is 2.61. The molecule has 0 aliphatic heterocycles. The molecule has 2 nitrogen and oxygen atoms in total. The maximum absolute atomic E-state index is 11.4. The van der Waals surface area contributed by atoms with Crippen LogP contribution in [0.5, 0.6) is 0 Å². The van der Waals surface area contributed by atoms with Gasteiger partial charge in [0, 0.05) is 16.7 Å². The third kappa shape index (κ3) is 2.47. The Kier molecular flexibility index (Phi) is 3.92. The largest absolute Gasteiger partial charge is 0.298 e. The summed E-state index contributed by atoms with van der Waals surface area (Å²) in [7, 11) is 0. The van der Waals surface area contributed by atoms with Crippen molar-refractivity contribution in [1.82, 2.24) is 0 Å². The Morgan fingerprint density at radius 2 is 1.09 bits per heavy atom. The lowest BCUT2D eigenvalue weighted by molar-refractivity contribution is 0.112. The first-order chi connectivity index (χ1) is 10.8. The number of hydrogen-bond donors (Lipinski definition) is 0. The molecule has 0 aliphatic carbocycles. The molecule has 3 aromatic carbocycles. The fourth-order valence-electron chi connectivity index (χ4n) is 2.67. The number of carbonyl (C=O) groups is 2. The quantitative estimate of drug-likeness (QED) is 0.654. The summed E-state index contributed by atoms with van der Waals surface area (Å²) in [5.41, 5.74) is 4.67. The third-order valence-electron chi connectivity index (χ3n) is 3.66. The van der Waals surface area contributed by atoms with Gasteiger partial charge in [0.05, 0.1) is 0 Å². The SMILES string of the molecule is O=Cc1cccc(C=O)c1-c1ccccc1-c1ccccc1. The van der Waals surface area contributed by atoms with Crippen molar-refractivity contribution in [3.63, 3.8) is 0 Å². The first-order valence-electron chi connectivity index (χ1n) is 7.03. The highest BCUT2D eigenvalue weighted by Crippen LogP contribution is 2.35. The Labute approximate surface area is 129 Å². The standard InChI is InChI=1S/C20H14O2/c21-13-16-9-6-10-17(14-22)20(16)19-12-5-4-11-18(19)15-7-2-1-3-8-15/h1-14H. The van der Waals surface area contributed by atoms with Gasteiger partial charge in [0.15, 0.2) is 12.6 Å². The summed E-state index contributed by atoms with van der Waals surface area (Å²) in [5.74, 6) is 0. The summed E-state index contributed by atoms with van der Waals surface area (Å²) in [6.45, 7) is 0. The van der Waals surface area contributed by atoms with Crippen molar-refractivity contribution in [3.8, 4) is 22.3 Å². The van der Waals surface area contributed by atoms with Crippen LogP contribution >= 0.6 is 0 Å². The van der Waals surface area contributed by atoms with E-state index >= 15 is 0 Å². The van der Waals surface area contributed by atoms with E-state index in [2.05, 4.69) is 0 Å². The van der Waals surface area contributed by atoms with E-state index in [-0.39, 0.29) is 0 Å². The molecule has 0 aliphatic rings. The van der Waals surface area contributed by atoms with Gasteiger partial charge in [-0.2, -0.15) is 0 Å². The molecule has 0 aromatic heterocycles. The van der Waals surface area contributed by atoms with Crippen LogP contribution in [0.3, 0.4) is 0 Å². The van der Waals surface area contributed by atoms with Gasteiger partial charge in [0.25, 0.3) is 0 Å². The van der Waals surface area contributed by atoms with Crippen molar-refractivity contribution in [2.75, 3.05) is 0 Å². The molecule has 0 spiro atoms. The molecule has 3 rings (SSSR count). The Morgan fingerprint density at radius 1 is 0.545 bits per heavy atom. The molecule has 0 bridgehead atoms. The predicted octanol–water partition coefficient (Wildman–Crippen LogP) is 4.65. The minimum atomic E-state index is 0.521. The van der Waals surface area contributed by atoms with E-state index in [1.165, 1.54) is 0 Å². The summed E-state index contributed by atoms with van der Waals surface area (Å²) in [6.07, 6.45) is 1.59. The van der Waals surface area contributed by atoms with Crippen molar-refractivity contribution < 1.29 is 9.59 Å². The summed E-state index contributed by atoms with van der Waals surface area (Å²) in [6, 6.07) is 22.9. The van der Waals surface area contributed by atoms with Crippen LogP contribution in [0.25, 0.3) is 22.3 Å².